The van der Waals surface area contributed by atoms with Crippen molar-refractivity contribution in [1.29, 1.82) is 0 Å². The summed E-state index contributed by atoms with van der Waals surface area (Å²) in [6.07, 6.45) is 0. The number of hydrogen-bond acceptors (Lipinski definition) is 4. The number of halogens is 1. The number of anilines is 2. The van der Waals surface area contributed by atoms with E-state index in [0.717, 1.165) is 5.56 Å². The van der Waals surface area contributed by atoms with Crippen LogP contribution in [0.15, 0.2) is 36.4 Å². The first kappa shape index (κ1) is 19.8. The largest absolute Gasteiger partial charge is 0.378 e. The Morgan fingerprint density at radius 3 is 2.57 bits per heavy atom. The molecule has 1 heterocycles. The van der Waals surface area contributed by atoms with Gasteiger partial charge in [-0.25, -0.2) is 4.39 Å². The third kappa shape index (κ3) is 4.48. The summed E-state index contributed by atoms with van der Waals surface area (Å²) < 4.78 is 19.2. The van der Waals surface area contributed by atoms with E-state index in [0.29, 0.717) is 49.8 Å². The van der Waals surface area contributed by atoms with Gasteiger partial charge in [0.15, 0.2) is 0 Å². The average Bonchev–Trinajstić information content (AvgIpc) is 2.70. The minimum absolute atomic E-state index is 0.210. The first-order valence-corrected chi connectivity index (χ1v) is 9.32. The number of hydrogen-bond donors (Lipinski definition) is 2. The first-order chi connectivity index (χ1) is 13.5. The van der Waals surface area contributed by atoms with Gasteiger partial charge in [0.2, 0.25) is 0 Å². The van der Waals surface area contributed by atoms with Crippen LogP contribution >= 0.6 is 0 Å². The van der Waals surface area contributed by atoms with Gasteiger partial charge in [-0.1, -0.05) is 6.07 Å². The Morgan fingerprint density at radius 2 is 1.86 bits per heavy atom. The van der Waals surface area contributed by atoms with Crippen molar-refractivity contribution in [2.75, 3.05) is 43.1 Å². The van der Waals surface area contributed by atoms with Gasteiger partial charge in [-0.05, 0) is 49.7 Å². The van der Waals surface area contributed by atoms with Crippen LogP contribution in [0.2, 0.25) is 0 Å². The summed E-state index contributed by atoms with van der Waals surface area (Å²) in [5, 5.41) is 5.56. The maximum absolute atomic E-state index is 13.9. The highest BCUT2D eigenvalue weighted by Gasteiger charge is 2.20. The van der Waals surface area contributed by atoms with Gasteiger partial charge in [-0.15, -0.1) is 0 Å². The summed E-state index contributed by atoms with van der Waals surface area (Å²) in [6.45, 7) is 6.59. The molecule has 3 rings (SSSR count). The van der Waals surface area contributed by atoms with Crippen LogP contribution in [0.25, 0.3) is 0 Å². The Morgan fingerprint density at radius 1 is 1.11 bits per heavy atom. The van der Waals surface area contributed by atoms with Crippen molar-refractivity contribution < 1.29 is 18.7 Å². The van der Waals surface area contributed by atoms with Gasteiger partial charge in [0.25, 0.3) is 11.8 Å². The van der Waals surface area contributed by atoms with E-state index < -0.39 is 11.7 Å². The third-order valence-corrected chi connectivity index (χ3v) is 4.64. The van der Waals surface area contributed by atoms with Crippen molar-refractivity contribution in [3.8, 4) is 0 Å². The number of carbonyl (C=O) groups excluding carboxylic acids is 2. The van der Waals surface area contributed by atoms with E-state index in [1.807, 2.05) is 18.7 Å². The number of nitrogens with one attached hydrogen (secondary N) is 2. The average molecular weight is 385 g/mol. The zero-order valence-corrected chi connectivity index (χ0v) is 16.0. The predicted molar refractivity (Wildman–Crippen MR) is 107 cm³/mol. The molecule has 28 heavy (non-hydrogen) atoms. The molecular weight excluding hydrogens is 361 g/mol. The molecule has 0 aliphatic carbocycles. The number of nitrogens with zero attached hydrogens (tertiary/aromatic N) is 1. The first-order valence-electron chi connectivity index (χ1n) is 9.32. The molecule has 1 fully saturated rings. The molecule has 2 N–H and O–H groups in total. The highest BCUT2D eigenvalue weighted by Crippen LogP contribution is 2.25. The molecule has 6 nitrogen and oxygen atoms in total. The van der Waals surface area contributed by atoms with Crippen LogP contribution < -0.4 is 15.5 Å². The van der Waals surface area contributed by atoms with Crippen molar-refractivity contribution in [3.05, 3.63) is 58.9 Å². The topological polar surface area (TPSA) is 70.7 Å². The van der Waals surface area contributed by atoms with E-state index in [4.69, 9.17) is 4.74 Å². The van der Waals surface area contributed by atoms with E-state index in [2.05, 4.69) is 10.6 Å². The minimum Gasteiger partial charge on any atom is -0.378 e. The molecular formula is C21H24FN3O3. The van der Waals surface area contributed by atoms with E-state index in [9.17, 15) is 14.0 Å². The Balaban J connectivity index is 1.88. The number of aryl methyl sites for hydroxylation is 1. The smallest absolute Gasteiger partial charge is 0.257 e. The number of ether oxygens (including phenoxy) is 1. The van der Waals surface area contributed by atoms with Crippen LogP contribution in [0.3, 0.4) is 0 Å². The van der Waals surface area contributed by atoms with E-state index in [1.54, 1.807) is 24.3 Å². The minimum atomic E-state index is -0.477. The second-order valence-corrected chi connectivity index (χ2v) is 6.60. The summed E-state index contributed by atoms with van der Waals surface area (Å²) in [7, 11) is 0. The predicted octanol–water partition coefficient (Wildman–Crippen LogP) is 2.97. The molecule has 1 aliphatic rings. The molecule has 1 saturated heterocycles. The summed E-state index contributed by atoms with van der Waals surface area (Å²) >= 11 is 0. The Hall–Kier alpha value is -2.93. The number of morpholine rings is 1. The van der Waals surface area contributed by atoms with Gasteiger partial charge in [-0.3, -0.25) is 9.59 Å². The lowest BCUT2D eigenvalue weighted by Gasteiger charge is -2.30. The van der Waals surface area contributed by atoms with Crippen LogP contribution in [0.4, 0.5) is 15.8 Å². The zero-order chi connectivity index (χ0) is 20.1. The number of amides is 2. The molecule has 148 valence electrons. The van der Waals surface area contributed by atoms with Gasteiger partial charge in [0, 0.05) is 36.6 Å². The van der Waals surface area contributed by atoms with Gasteiger partial charge in [0.1, 0.15) is 5.82 Å². The lowest BCUT2D eigenvalue weighted by atomic mass is 10.1. The summed E-state index contributed by atoms with van der Waals surface area (Å²) in [5.41, 5.74) is 2.71. The van der Waals surface area contributed by atoms with Gasteiger partial charge >= 0.3 is 0 Å². The fourth-order valence-corrected chi connectivity index (χ4v) is 3.12. The monoisotopic (exact) mass is 385 g/mol. The molecule has 0 saturated carbocycles. The number of carbonyl (C=O) groups is 2. The molecule has 0 unspecified atom stereocenters. The summed E-state index contributed by atoms with van der Waals surface area (Å²) in [6, 6.07) is 9.32. The van der Waals surface area contributed by atoms with E-state index >= 15 is 0 Å². The SMILES string of the molecule is CCNC(=O)c1ccc(C)c(NC(=O)c2cc(F)ccc2N2CCOCC2)c1. The standard InChI is InChI=1S/C21H24FN3O3/c1-3-23-20(26)15-5-4-14(2)18(12-15)24-21(27)17-13-16(22)6-7-19(17)25-8-10-28-11-9-25/h4-7,12-13H,3,8-11H2,1-2H3,(H,23,26)(H,24,27). The van der Waals surface area contributed by atoms with Crippen LogP contribution in [-0.4, -0.2) is 44.7 Å². The van der Waals surface area contributed by atoms with Crippen LogP contribution in [0.1, 0.15) is 33.2 Å². The molecule has 7 heteroatoms. The molecule has 0 spiro atoms. The highest BCUT2D eigenvalue weighted by molar-refractivity contribution is 6.09. The lowest BCUT2D eigenvalue weighted by Crippen LogP contribution is -2.37. The Kier molecular flexibility index (Phi) is 6.26. The maximum Gasteiger partial charge on any atom is 0.257 e. The highest BCUT2D eigenvalue weighted by atomic mass is 19.1. The summed E-state index contributed by atoms with van der Waals surface area (Å²) in [5.74, 6) is -1.11. The molecule has 0 atom stereocenters. The number of rotatable bonds is 5. The quantitative estimate of drug-likeness (QED) is 0.830. The second kappa shape index (κ2) is 8.84. The zero-order valence-electron chi connectivity index (χ0n) is 16.0. The third-order valence-electron chi connectivity index (χ3n) is 4.64. The fraction of sp³-hybridized carbons (Fsp3) is 0.333. The van der Waals surface area contributed by atoms with Crippen LogP contribution in [-0.2, 0) is 4.74 Å². The van der Waals surface area contributed by atoms with Gasteiger partial charge in [-0.2, -0.15) is 0 Å². The van der Waals surface area contributed by atoms with E-state index in [-0.39, 0.29) is 11.5 Å². The van der Waals surface area contributed by atoms with Crippen molar-refractivity contribution in [1.82, 2.24) is 5.32 Å². The molecule has 0 bridgehead atoms. The maximum atomic E-state index is 13.9. The molecule has 2 aromatic rings. The molecule has 2 amide bonds. The second-order valence-electron chi connectivity index (χ2n) is 6.60. The van der Waals surface area contributed by atoms with Crippen LogP contribution in [0.5, 0.6) is 0 Å². The van der Waals surface area contributed by atoms with Crippen molar-refractivity contribution in [2.45, 2.75) is 13.8 Å². The normalized spacial score (nSPS) is 13.9. The Labute approximate surface area is 163 Å². The Bertz CT molecular complexity index is 879. The van der Waals surface area contributed by atoms with Crippen molar-refractivity contribution in [2.24, 2.45) is 0 Å². The van der Waals surface area contributed by atoms with E-state index in [1.165, 1.54) is 12.1 Å². The van der Waals surface area contributed by atoms with Crippen molar-refractivity contribution in [3.63, 3.8) is 0 Å². The van der Waals surface area contributed by atoms with Gasteiger partial charge in [0.05, 0.1) is 18.8 Å². The fourth-order valence-electron chi connectivity index (χ4n) is 3.12. The lowest BCUT2D eigenvalue weighted by molar-refractivity contribution is 0.0954. The molecule has 0 aromatic heterocycles. The van der Waals surface area contributed by atoms with Crippen molar-refractivity contribution >= 4 is 23.2 Å². The number of benzene rings is 2. The van der Waals surface area contributed by atoms with Crippen LogP contribution in [0, 0.1) is 12.7 Å². The van der Waals surface area contributed by atoms with Gasteiger partial charge < -0.3 is 20.3 Å². The molecule has 2 aromatic carbocycles. The summed E-state index contributed by atoms with van der Waals surface area (Å²) in [4.78, 5) is 27.0. The molecule has 1 aliphatic heterocycles. The molecule has 0 radical (unpaired) electrons.